The summed E-state index contributed by atoms with van der Waals surface area (Å²) in [7, 11) is 0. The van der Waals surface area contributed by atoms with Crippen molar-refractivity contribution in [3.8, 4) is 0 Å². The molecule has 5 atom stereocenters. The number of Topliss-reactive ketones (excluding diaryl/α,β-unsaturated/α-hetero) is 1. The van der Waals surface area contributed by atoms with Crippen molar-refractivity contribution in [3.63, 3.8) is 0 Å². The molecule has 0 unspecified atom stereocenters. The summed E-state index contributed by atoms with van der Waals surface area (Å²) in [6.07, 6.45) is 11.4. The molecule has 6 nitrogen and oxygen atoms in total. The third kappa shape index (κ3) is 3.93. The SMILES string of the molecule is CCC(=O)OCC(=O)[C@@]1(OC(=O)C(C)(C)C)CC[C@H]2[C@@H]3CCC4=CC(=O)C=C[C@]4(C)C3=CC[C@@]21C. The third-order valence-electron chi connectivity index (χ3n) is 9.05. The highest BCUT2D eigenvalue weighted by Crippen LogP contribution is 2.66. The first-order valence-corrected chi connectivity index (χ1v) is 12.9. The highest BCUT2D eigenvalue weighted by atomic mass is 16.6. The molecular formula is C29H38O6. The fraction of sp³-hybridized carbons (Fsp3) is 0.655. The Kier molecular flexibility index (Phi) is 6.26. The molecule has 0 saturated heterocycles. The number of carbonyl (C=O) groups excluding carboxylic acids is 4. The van der Waals surface area contributed by atoms with Gasteiger partial charge in [0.25, 0.3) is 0 Å². The summed E-state index contributed by atoms with van der Waals surface area (Å²) in [5.41, 5.74) is -0.538. The Morgan fingerprint density at radius 2 is 1.86 bits per heavy atom. The van der Waals surface area contributed by atoms with Gasteiger partial charge < -0.3 is 9.47 Å². The minimum atomic E-state index is -1.34. The average molecular weight is 483 g/mol. The van der Waals surface area contributed by atoms with Gasteiger partial charge in [-0.15, -0.1) is 0 Å². The van der Waals surface area contributed by atoms with Crippen LogP contribution in [0.5, 0.6) is 0 Å². The molecule has 0 bridgehead atoms. The zero-order valence-corrected chi connectivity index (χ0v) is 21.9. The second-order valence-corrected chi connectivity index (χ2v) is 12.1. The number of hydrogen-bond acceptors (Lipinski definition) is 6. The van der Waals surface area contributed by atoms with Crippen LogP contribution in [0.25, 0.3) is 0 Å². The second kappa shape index (κ2) is 8.56. The molecule has 0 spiro atoms. The van der Waals surface area contributed by atoms with E-state index in [4.69, 9.17) is 9.47 Å². The number of ketones is 2. The largest absolute Gasteiger partial charge is 0.457 e. The van der Waals surface area contributed by atoms with Gasteiger partial charge in [0.1, 0.15) is 0 Å². The van der Waals surface area contributed by atoms with Crippen LogP contribution in [0.2, 0.25) is 0 Å². The van der Waals surface area contributed by atoms with E-state index < -0.39 is 28.4 Å². The topological polar surface area (TPSA) is 86.7 Å². The van der Waals surface area contributed by atoms with E-state index in [2.05, 4.69) is 19.9 Å². The minimum Gasteiger partial charge on any atom is -0.457 e. The molecule has 6 heteroatoms. The highest BCUT2D eigenvalue weighted by molar-refractivity contribution is 6.01. The van der Waals surface area contributed by atoms with Gasteiger partial charge in [0.2, 0.25) is 5.78 Å². The number of esters is 2. The zero-order chi connectivity index (χ0) is 25.8. The Balaban J connectivity index is 1.74. The van der Waals surface area contributed by atoms with E-state index in [0.29, 0.717) is 12.8 Å². The maximum Gasteiger partial charge on any atom is 0.312 e. The number of allylic oxidation sites excluding steroid dienone is 6. The van der Waals surface area contributed by atoms with Crippen LogP contribution < -0.4 is 0 Å². The van der Waals surface area contributed by atoms with E-state index in [1.54, 1.807) is 39.8 Å². The monoisotopic (exact) mass is 482 g/mol. The van der Waals surface area contributed by atoms with Gasteiger partial charge in [-0.05, 0) is 83.8 Å². The molecule has 0 aromatic carbocycles. The van der Waals surface area contributed by atoms with E-state index in [0.717, 1.165) is 24.8 Å². The fourth-order valence-electron chi connectivity index (χ4n) is 6.88. The van der Waals surface area contributed by atoms with Crippen molar-refractivity contribution in [1.82, 2.24) is 0 Å². The summed E-state index contributed by atoms with van der Waals surface area (Å²) >= 11 is 0. The normalized spacial score (nSPS) is 35.8. The first-order chi connectivity index (χ1) is 16.3. The smallest absolute Gasteiger partial charge is 0.312 e. The average Bonchev–Trinajstić information content (AvgIpc) is 3.10. The lowest BCUT2D eigenvalue weighted by atomic mass is 9.51. The highest BCUT2D eigenvalue weighted by Gasteiger charge is 2.67. The number of rotatable bonds is 5. The molecule has 0 aromatic heterocycles. The van der Waals surface area contributed by atoms with Crippen molar-refractivity contribution < 1.29 is 28.7 Å². The number of ether oxygens (including phenoxy) is 2. The lowest BCUT2D eigenvalue weighted by Gasteiger charge is -2.54. The Morgan fingerprint density at radius 3 is 2.51 bits per heavy atom. The predicted octanol–water partition coefficient (Wildman–Crippen LogP) is 5.06. The van der Waals surface area contributed by atoms with Gasteiger partial charge in [0.15, 0.2) is 18.0 Å². The van der Waals surface area contributed by atoms with Gasteiger partial charge in [0, 0.05) is 17.3 Å². The van der Waals surface area contributed by atoms with Crippen LogP contribution in [-0.4, -0.2) is 35.7 Å². The Bertz CT molecular complexity index is 1060. The fourth-order valence-corrected chi connectivity index (χ4v) is 6.88. The minimum absolute atomic E-state index is 0.0402. The van der Waals surface area contributed by atoms with Crippen LogP contribution in [0.3, 0.4) is 0 Å². The summed E-state index contributed by atoms with van der Waals surface area (Å²) in [4.78, 5) is 50.8. The molecule has 4 aliphatic rings. The molecule has 2 saturated carbocycles. The van der Waals surface area contributed by atoms with E-state index in [9.17, 15) is 19.2 Å². The maximum atomic E-state index is 13.8. The van der Waals surface area contributed by atoms with Crippen molar-refractivity contribution in [2.75, 3.05) is 6.61 Å². The van der Waals surface area contributed by atoms with Crippen LogP contribution >= 0.6 is 0 Å². The number of carbonyl (C=O) groups is 4. The number of fused-ring (bicyclic) bond motifs is 5. The van der Waals surface area contributed by atoms with E-state index >= 15 is 0 Å². The molecule has 0 amide bonds. The summed E-state index contributed by atoms with van der Waals surface area (Å²) < 4.78 is 11.5. The molecule has 4 aliphatic carbocycles. The summed E-state index contributed by atoms with van der Waals surface area (Å²) in [6.45, 7) is 10.9. The Hall–Kier alpha value is -2.50. The third-order valence-corrected chi connectivity index (χ3v) is 9.05. The molecule has 0 N–H and O–H groups in total. The van der Waals surface area contributed by atoms with Crippen molar-refractivity contribution in [2.45, 2.75) is 85.7 Å². The lowest BCUT2D eigenvalue weighted by Crippen LogP contribution is -2.58. The molecule has 0 radical (unpaired) electrons. The quantitative estimate of drug-likeness (QED) is 0.402. The molecule has 35 heavy (non-hydrogen) atoms. The Labute approximate surface area is 208 Å². The molecule has 4 rings (SSSR count). The summed E-state index contributed by atoms with van der Waals surface area (Å²) in [5.74, 6) is -0.776. The summed E-state index contributed by atoms with van der Waals surface area (Å²) in [5, 5.41) is 0. The number of hydrogen-bond donors (Lipinski definition) is 0. The van der Waals surface area contributed by atoms with Gasteiger partial charge in [-0.1, -0.05) is 37.1 Å². The van der Waals surface area contributed by atoms with Gasteiger partial charge in [-0.3, -0.25) is 19.2 Å². The first kappa shape index (κ1) is 25.6. The lowest BCUT2D eigenvalue weighted by molar-refractivity contribution is -0.192. The molecule has 190 valence electrons. The van der Waals surface area contributed by atoms with Crippen molar-refractivity contribution in [3.05, 3.63) is 35.5 Å². The van der Waals surface area contributed by atoms with Crippen LogP contribution in [0.15, 0.2) is 35.5 Å². The van der Waals surface area contributed by atoms with E-state index in [1.165, 1.54) is 5.57 Å². The van der Waals surface area contributed by atoms with Gasteiger partial charge in [0.05, 0.1) is 5.41 Å². The van der Waals surface area contributed by atoms with E-state index in [1.807, 2.05) is 6.08 Å². The predicted molar refractivity (Wildman–Crippen MR) is 131 cm³/mol. The van der Waals surface area contributed by atoms with Crippen LogP contribution in [-0.2, 0) is 28.7 Å². The van der Waals surface area contributed by atoms with Crippen LogP contribution in [0, 0.1) is 28.1 Å². The maximum absolute atomic E-state index is 13.8. The van der Waals surface area contributed by atoms with Crippen LogP contribution in [0.1, 0.15) is 80.1 Å². The molecule has 2 fully saturated rings. The molecule has 0 aromatic rings. The van der Waals surface area contributed by atoms with Crippen LogP contribution in [0.4, 0.5) is 0 Å². The first-order valence-electron chi connectivity index (χ1n) is 12.9. The second-order valence-electron chi connectivity index (χ2n) is 12.1. The summed E-state index contributed by atoms with van der Waals surface area (Å²) in [6, 6.07) is 0. The van der Waals surface area contributed by atoms with Gasteiger partial charge >= 0.3 is 11.9 Å². The van der Waals surface area contributed by atoms with Gasteiger partial charge in [-0.2, -0.15) is 0 Å². The Morgan fingerprint density at radius 1 is 1.14 bits per heavy atom. The van der Waals surface area contributed by atoms with Crippen molar-refractivity contribution in [2.24, 2.45) is 28.1 Å². The molecular weight excluding hydrogens is 444 g/mol. The zero-order valence-electron chi connectivity index (χ0n) is 21.9. The van der Waals surface area contributed by atoms with Crippen molar-refractivity contribution >= 4 is 23.5 Å². The van der Waals surface area contributed by atoms with Gasteiger partial charge in [-0.25, -0.2) is 0 Å². The molecule has 0 heterocycles. The molecule has 0 aliphatic heterocycles. The standard InChI is InChI=1S/C29H38O6/c1-7-24(32)34-17-23(31)29(35-25(33)26(2,3)4)15-12-22-20-9-8-18-16-19(30)10-13-27(18,5)21(20)11-14-28(22,29)6/h10-11,13,16,20,22H,7-9,12,14-15,17H2,1-6H3/t20-,22+,27+,28+,29+/m1/s1. The van der Waals surface area contributed by atoms with Crippen molar-refractivity contribution in [1.29, 1.82) is 0 Å². The van der Waals surface area contributed by atoms with E-state index in [-0.39, 0.29) is 41.8 Å².